The molecule has 5 heteroatoms. The summed E-state index contributed by atoms with van der Waals surface area (Å²) in [5, 5.41) is 2.95. The molecular formula is C20H27ClN2O2. The average molecular weight is 363 g/mol. The topological polar surface area (TPSA) is 64.3 Å². The molecule has 0 aromatic heterocycles. The fourth-order valence-corrected chi connectivity index (χ4v) is 2.46. The Kier molecular flexibility index (Phi) is 9.66. The molecule has 0 aliphatic heterocycles. The molecule has 0 saturated heterocycles. The summed E-state index contributed by atoms with van der Waals surface area (Å²) in [5.41, 5.74) is 7.51. The smallest absolute Gasteiger partial charge is 0.227 e. The maximum Gasteiger partial charge on any atom is 0.227 e. The molecule has 0 saturated carbocycles. The minimum Gasteiger partial charge on any atom is -0.492 e. The maximum atomic E-state index is 12.3. The number of nitrogens with two attached hydrogens (primary N) is 1. The summed E-state index contributed by atoms with van der Waals surface area (Å²) < 4.78 is 5.42. The van der Waals surface area contributed by atoms with E-state index in [1.165, 1.54) is 5.56 Å². The van der Waals surface area contributed by atoms with Crippen LogP contribution in [-0.2, 0) is 11.2 Å². The van der Waals surface area contributed by atoms with E-state index in [0.29, 0.717) is 13.2 Å². The van der Waals surface area contributed by atoms with Crippen LogP contribution in [0.4, 0.5) is 5.69 Å². The number of anilines is 1. The van der Waals surface area contributed by atoms with Gasteiger partial charge in [0.2, 0.25) is 5.91 Å². The summed E-state index contributed by atoms with van der Waals surface area (Å²) in [6.07, 6.45) is 2.88. The summed E-state index contributed by atoms with van der Waals surface area (Å²) in [6, 6.07) is 17.7. The number of amides is 1. The van der Waals surface area contributed by atoms with Gasteiger partial charge < -0.3 is 15.8 Å². The zero-order valence-electron chi connectivity index (χ0n) is 14.6. The van der Waals surface area contributed by atoms with E-state index >= 15 is 0 Å². The first-order valence-electron chi connectivity index (χ1n) is 8.47. The van der Waals surface area contributed by atoms with Gasteiger partial charge in [-0.05, 0) is 49.1 Å². The number of ether oxygens (including phenoxy) is 1. The monoisotopic (exact) mass is 362 g/mol. The molecule has 0 fully saturated rings. The number of carbonyl (C=O) groups is 1. The van der Waals surface area contributed by atoms with Crippen molar-refractivity contribution in [1.82, 2.24) is 0 Å². The highest BCUT2D eigenvalue weighted by molar-refractivity contribution is 5.92. The number of halogens is 1. The van der Waals surface area contributed by atoms with E-state index in [-0.39, 0.29) is 24.2 Å². The molecule has 0 spiro atoms. The second-order valence-electron chi connectivity index (χ2n) is 5.93. The Labute approximate surface area is 156 Å². The number of aryl methyl sites for hydroxylation is 1. The molecule has 3 N–H and O–H groups in total. The number of benzene rings is 2. The molecule has 2 rings (SSSR count). The maximum absolute atomic E-state index is 12.3. The third kappa shape index (κ3) is 7.59. The first-order valence-corrected chi connectivity index (χ1v) is 8.47. The van der Waals surface area contributed by atoms with Crippen molar-refractivity contribution >= 4 is 24.0 Å². The van der Waals surface area contributed by atoms with Crippen LogP contribution in [0.2, 0.25) is 0 Å². The lowest BCUT2D eigenvalue weighted by Gasteiger charge is -2.13. The van der Waals surface area contributed by atoms with Gasteiger partial charge in [0.05, 0.1) is 0 Å². The Morgan fingerprint density at radius 1 is 1.12 bits per heavy atom. The van der Waals surface area contributed by atoms with Crippen molar-refractivity contribution in [1.29, 1.82) is 0 Å². The van der Waals surface area contributed by atoms with Crippen molar-refractivity contribution in [3.8, 4) is 5.75 Å². The molecule has 0 radical (unpaired) electrons. The molecule has 2 aromatic carbocycles. The van der Waals surface area contributed by atoms with Crippen LogP contribution in [0, 0.1) is 5.92 Å². The van der Waals surface area contributed by atoms with Crippen LogP contribution in [0.1, 0.15) is 25.3 Å². The Morgan fingerprint density at radius 3 is 2.44 bits per heavy atom. The minimum absolute atomic E-state index is 0. The fraction of sp³-hybridized carbons (Fsp3) is 0.350. The van der Waals surface area contributed by atoms with E-state index in [1.807, 2.05) is 49.4 Å². The van der Waals surface area contributed by atoms with Gasteiger partial charge in [-0.1, -0.05) is 37.3 Å². The van der Waals surface area contributed by atoms with Gasteiger partial charge in [0.1, 0.15) is 12.4 Å². The Balaban J connectivity index is 0.00000312. The van der Waals surface area contributed by atoms with Crippen molar-refractivity contribution in [2.45, 2.75) is 26.2 Å². The molecule has 4 nitrogen and oxygen atoms in total. The predicted octanol–water partition coefficient (Wildman–Crippen LogP) is 4.04. The lowest BCUT2D eigenvalue weighted by atomic mass is 10.0. The second-order valence-corrected chi connectivity index (χ2v) is 5.93. The van der Waals surface area contributed by atoms with E-state index in [2.05, 4.69) is 17.4 Å². The molecule has 0 aliphatic carbocycles. The molecule has 2 aromatic rings. The molecule has 136 valence electrons. The van der Waals surface area contributed by atoms with Crippen LogP contribution in [0.25, 0.3) is 0 Å². The molecule has 1 amide bonds. The van der Waals surface area contributed by atoms with Gasteiger partial charge in [0.25, 0.3) is 0 Å². The Hall–Kier alpha value is -2.04. The fourth-order valence-electron chi connectivity index (χ4n) is 2.46. The molecule has 1 atom stereocenters. The van der Waals surface area contributed by atoms with Gasteiger partial charge in [-0.2, -0.15) is 0 Å². The van der Waals surface area contributed by atoms with Crippen LogP contribution in [0.15, 0.2) is 54.6 Å². The van der Waals surface area contributed by atoms with Gasteiger partial charge in [0, 0.05) is 18.2 Å². The van der Waals surface area contributed by atoms with Crippen LogP contribution in [0.5, 0.6) is 5.75 Å². The van der Waals surface area contributed by atoms with E-state index in [0.717, 1.165) is 30.7 Å². The quantitative estimate of drug-likeness (QED) is 0.707. The van der Waals surface area contributed by atoms with Gasteiger partial charge >= 0.3 is 0 Å². The lowest BCUT2D eigenvalue weighted by Crippen LogP contribution is -2.20. The normalized spacial score (nSPS) is 11.3. The first kappa shape index (κ1) is 21.0. The number of carbonyl (C=O) groups excluding carboxylic acids is 1. The van der Waals surface area contributed by atoms with Gasteiger partial charge in [-0.15, -0.1) is 12.4 Å². The van der Waals surface area contributed by atoms with Crippen LogP contribution in [0.3, 0.4) is 0 Å². The third-order valence-corrected chi connectivity index (χ3v) is 3.90. The average Bonchev–Trinajstić information content (AvgIpc) is 2.62. The van der Waals surface area contributed by atoms with Crippen molar-refractivity contribution in [3.05, 3.63) is 60.2 Å². The largest absolute Gasteiger partial charge is 0.492 e. The third-order valence-electron chi connectivity index (χ3n) is 3.90. The lowest BCUT2D eigenvalue weighted by molar-refractivity contribution is -0.119. The summed E-state index contributed by atoms with van der Waals surface area (Å²) in [5.74, 6) is 0.801. The van der Waals surface area contributed by atoms with Gasteiger partial charge in [-0.3, -0.25) is 4.79 Å². The molecule has 0 heterocycles. The van der Waals surface area contributed by atoms with Crippen LogP contribution >= 0.6 is 12.4 Å². The van der Waals surface area contributed by atoms with E-state index in [9.17, 15) is 4.79 Å². The molecule has 1 unspecified atom stereocenters. The highest BCUT2D eigenvalue weighted by Gasteiger charge is 2.12. The number of rotatable bonds is 9. The molecule has 25 heavy (non-hydrogen) atoms. The van der Waals surface area contributed by atoms with E-state index in [1.54, 1.807) is 0 Å². The van der Waals surface area contributed by atoms with Gasteiger partial charge in [-0.25, -0.2) is 0 Å². The molecule has 0 aliphatic rings. The van der Waals surface area contributed by atoms with E-state index in [4.69, 9.17) is 10.5 Å². The standard InChI is InChI=1S/C20H26N2O2.ClH/c1-16(6-5-9-17-7-3-2-4-8-17)20(23)22-18-10-12-19(13-11-18)24-15-14-21;/h2-4,7-8,10-13,16H,5-6,9,14-15,21H2,1H3,(H,22,23);1H. The van der Waals surface area contributed by atoms with Crippen LogP contribution in [-0.4, -0.2) is 19.1 Å². The summed E-state index contributed by atoms with van der Waals surface area (Å²) in [6.45, 7) is 2.95. The molecular weight excluding hydrogens is 336 g/mol. The second kappa shape index (κ2) is 11.5. The number of hydrogen-bond donors (Lipinski definition) is 2. The van der Waals surface area contributed by atoms with Crippen molar-refractivity contribution in [2.24, 2.45) is 11.7 Å². The highest BCUT2D eigenvalue weighted by Crippen LogP contribution is 2.17. The number of nitrogens with one attached hydrogen (secondary N) is 1. The van der Waals surface area contributed by atoms with E-state index < -0.39 is 0 Å². The predicted molar refractivity (Wildman–Crippen MR) is 105 cm³/mol. The summed E-state index contributed by atoms with van der Waals surface area (Å²) >= 11 is 0. The zero-order valence-corrected chi connectivity index (χ0v) is 15.4. The Morgan fingerprint density at radius 2 is 1.80 bits per heavy atom. The van der Waals surface area contributed by atoms with Crippen molar-refractivity contribution < 1.29 is 9.53 Å². The highest BCUT2D eigenvalue weighted by atomic mass is 35.5. The number of hydrogen-bond acceptors (Lipinski definition) is 3. The summed E-state index contributed by atoms with van der Waals surface area (Å²) in [7, 11) is 0. The zero-order chi connectivity index (χ0) is 17.2. The van der Waals surface area contributed by atoms with Crippen molar-refractivity contribution in [3.63, 3.8) is 0 Å². The van der Waals surface area contributed by atoms with Crippen molar-refractivity contribution in [2.75, 3.05) is 18.5 Å². The molecule has 0 bridgehead atoms. The van der Waals surface area contributed by atoms with Crippen LogP contribution < -0.4 is 15.8 Å². The minimum atomic E-state index is -0.0121. The first-order chi connectivity index (χ1) is 11.7. The van der Waals surface area contributed by atoms with Gasteiger partial charge in [0.15, 0.2) is 0 Å². The summed E-state index contributed by atoms with van der Waals surface area (Å²) in [4.78, 5) is 12.3. The Bertz CT molecular complexity index is 617. The SMILES string of the molecule is CC(CCCc1ccccc1)C(=O)Nc1ccc(OCCN)cc1.Cl.